The molecule has 0 fully saturated rings. The zero-order valence-corrected chi connectivity index (χ0v) is 11.2. The van der Waals surface area contributed by atoms with Crippen molar-refractivity contribution in [3.8, 4) is 0 Å². The average molecular weight is 306 g/mol. The van der Waals surface area contributed by atoms with Crippen LogP contribution in [0.1, 0.15) is 24.2 Å². The van der Waals surface area contributed by atoms with E-state index in [9.17, 15) is 13.6 Å². The molecule has 1 aromatic carbocycles. The molecule has 1 aromatic rings. The second kappa shape index (κ2) is 6.10. The highest BCUT2D eigenvalue weighted by molar-refractivity contribution is 9.09. The lowest BCUT2D eigenvalue weighted by Gasteiger charge is -2.20. The molecule has 17 heavy (non-hydrogen) atoms. The second-order valence-corrected chi connectivity index (χ2v) is 4.73. The fourth-order valence-electron chi connectivity index (χ4n) is 1.31. The lowest BCUT2D eigenvalue weighted by Crippen LogP contribution is -2.40. The van der Waals surface area contributed by atoms with Gasteiger partial charge in [-0.05, 0) is 18.1 Å². The first-order valence-corrected chi connectivity index (χ1v) is 6.40. The van der Waals surface area contributed by atoms with Crippen LogP contribution in [0.15, 0.2) is 18.2 Å². The summed E-state index contributed by atoms with van der Waals surface area (Å²) in [5.41, 5.74) is -0.267. The second-order valence-electron chi connectivity index (χ2n) is 4.08. The number of hydrogen-bond acceptors (Lipinski definition) is 1. The third-order valence-electron chi connectivity index (χ3n) is 2.48. The zero-order valence-electron chi connectivity index (χ0n) is 9.64. The SMILES string of the molecule is CC(C)C(CBr)NC(=O)c1cccc(F)c1F. The van der Waals surface area contributed by atoms with Crippen LogP contribution in [0.2, 0.25) is 0 Å². The molecule has 1 amide bonds. The fraction of sp³-hybridized carbons (Fsp3) is 0.417. The molecule has 1 unspecified atom stereocenters. The Morgan fingerprint density at radius 2 is 2.06 bits per heavy atom. The minimum absolute atomic E-state index is 0.120. The summed E-state index contributed by atoms with van der Waals surface area (Å²) >= 11 is 3.27. The summed E-state index contributed by atoms with van der Waals surface area (Å²) in [5.74, 6) is -2.52. The number of carbonyl (C=O) groups is 1. The topological polar surface area (TPSA) is 29.1 Å². The van der Waals surface area contributed by atoms with Gasteiger partial charge in [-0.3, -0.25) is 4.79 Å². The van der Waals surface area contributed by atoms with Crippen LogP contribution in [0.3, 0.4) is 0 Å². The Morgan fingerprint density at radius 1 is 1.41 bits per heavy atom. The maximum Gasteiger partial charge on any atom is 0.254 e. The number of benzene rings is 1. The van der Waals surface area contributed by atoms with Crippen LogP contribution < -0.4 is 5.32 Å². The summed E-state index contributed by atoms with van der Waals surface area (Å²) in [6, 6.07) is 3.44. The minimum Gasteiger partial charge on any atom is -0.348 e. The number of amides is 1. The molecule has 0 heterocycles. The molecule has 0 aromatic heterocycles. The number of rotatable bonds is 4. The predicted octanol–water partition coefficient (Wildman–Crippen LogP) is 3.11. The van der Waals surface area contributed by atoms with E-state index in [1.165, 1.54) is 12.1 Å². The number of halogens is 3. The first-order chi connectivity index (χ1) is 7.97. The summed E-state index contributed by atoms with van der Waals surface area (Å²) in [4.78, 5) is 11.8. The van der Waals surface area contributed by atoms with Crippen molar-refractivity contribution in [3.63, 3.8) is 0 Å². The van der Waals surface area contributed by atoms with Crippen molar-refractivity contribution >= 4 is 21.8 Å². The molecule has 0 saturated carbocycles. The minimum atomic E-state index is -1.11. The number of carbonyl (C=O) groups excluding carboxylic acids is 1. The highest BCUT2D eigenvalue weighted by Gasteiger charge is 2.19. The van der Waals surface area contributed by atoms with Crippen LogP contribution in [-0.4, -0.2) is 17.3 Å². The van der Waals surface area contributed by atoms with Crippen LogP contribution in [-0.2, 0) is 0 Å². The molecule has 0 aliphatic rings. The van der Waals surface area contributed by atoms with Crippen molar-refractivity contribution in [1.82, 2.24) is 5.32 Å². The molecule has 94 valence electrons. The lowest BCUT2D eigenvalue weighted by molar-refractivity contribution is 0.0926. The van der Waals surface area contributed by atoms with E-state index >= 15 is 0 Å². The van der Waals surface area contributed by atoms with Gasteiger partial charge in [0.2, 0.25) is 0 Å². The molecular formula is C12H14BrF2NO. The molecule has 0 aliphatic carbocycles. The van der Waals surface area contributed by atoms with Gasteiger partial charge in [0.05, 0.1) is 5.56 Å². The normalized spacial score (nSPS) is 12.6. The van der Waals surface area contributed by atoms with Crippen molar-refractivity contribution in [2.75, 3.05) is 5.33 Å². The summed E-state index contributed by atoms with van der Waals surface area (Å²) in [7, 11) is 0. The van der Waals surface area contributed by atoms with Gasteiger partial charge in [-0.1, -0.05) is 35.8 Å². The van der Waals surface area contributed by atoms with Crippen molar-refractivity contribution in [3.05, 3.63) is 35.4 Å². The molecule has 0 bridgehead atoms. The van der Waals surface area contributed by atoms with Gasteiger partial charge in [-0.2, -0.15) is 0 Å². The first kappa shape index (κ1) is 14.1. The first-order valence-electron chi connectivity index (χ1n) is 5.28. The van der Waals surface area contributed by atoms with Crippen molar-refractivity contribution in [2.24, 2.45) is 5.92 Å². The third-order valence-corrected chi connectivity index (χ3v) is 3.18. The summed E-state index contributed by atoms with van der Waals surface area (Å²) in [5, 5.41) is 3.22. The summed E-state index contributed by atoms with van der Waals surface area (Å²) in [6.45, 7) is 3.88. The molecule has 0 aliphatic heterocycles. The molecular weight excluding hydrogens is 292 g/mol. The monoisotopic (exact) mass is 305 g/mol. The largest absolute Gasteiger partial charge is 0.348 e. The number of alkyl halides is 1. The van der Waals surface area contributed by atoms with E-state index in [1.807, 2.05) is 13.8 Å². The van der Waals surface area contributed by atoms with Gasteiger partial charge in [-0.25, -0.2) is 8.78 Å². The van der Waals surface area contributed by atoms with E-state index in [0.29, 0.717) is 5.33 Å². The molecule has 1 N–H and O–H groups in total. The van der Waals surface area contributed by atoms with Crippen LogP contribution in [0, 0.1) is 17.6 Å². The Balaban J connectivity index is 2.86. The zero-order chi connectivity index (χ0) is 13.0. The van der Waals surface area contributed by atoms with E-state index in [2.05, 4.69) is 21.2 Å². The van der Waals surface area contributed by atoms with Crippen molar-refractivity contribution in [1.29, 1.82) is 0 Å². The van der Waals surface area contributed by atoms with Gasteiger partial charge in [0.25, 0.3) is 5.91 Å². The molecule has 0 radical (unpaired) electrons. The molecule has 1 rings (SSSR count). The predicted molar refractivity (Wildman–Crippen MR) is 66.2 cm³/mol. The van der Waals surface area contributed by atoms with Crippen LogP contribution in [0.5, 0.6) is 0 Å². The molecule has 2 nitrogen and oxygen atoms in total. The maximum atomic E-state index is 13.4. The van der Waals surface area contributed by atoms with E-state index in [-0.39, 0.29) is 17.5 Å². The average Bonchev–Trinajstić information content (AvgIpc) is 2.28. The smallest absolute Gasteiger partial charge is 0.254 e. The Morgan fingerprint density at radius 3 is 2.59 bits per heavy atom. The van der Waals surface area contributed by atoms with E-state index < -0.39 is 17.5 Å². The molecule has 0 saturated heterocycles. The molecule has 5 heteroatoms. The Kier molecular flexibility index (Phi) is 5.05. The van der Waals surface area contributed by atoms with Gasteiger partial charge in [0, 0.05) is 11.4 Å². The van der Waals surface area contributed by atoms with Crippen LogP contribution in [0.4, 0.5) is 8.78 Å². The quantitative estimate of drug-likeness (QED) is 0.851. The molecule has 1 atom stereocenters. The Bertz CT molecular complexity index is 409. The number of hydrogen-bond donors (Lipinski definition) is 1. The summed E-state index contributed by atoms with van der Waals surface area (Å²) < 4.78 is 26.3. The Hall–Kier alpha value is -0.970. The van der Waals surface area contributed by atoms with E-state index in [0.717, 1.165) is 6.07 Å². The molecule has 0 spiro atoms. The highest BCUT2D eigenvalue weighted by atomic mass is 79.9. The van der Waals surface area contributed by atoms with Gasteiger partial charge >= 0.3 is 0 Å². The third kappa shape index (κ3) is 3.49. The van der Waals surface area contributed by atoms with Gasteiger partial charge in [-0.15, -0.1) is 0 Å². The van der Waals surface area contributed by atoms with E-state index in [1.54, 1.807) is 0 Å². The maximum absolute atomic E-state index is 13.4. The standard InChI is InChI=1S/C12H14BrF2NO/c1-7(2)10(6-13)16-12(17)8-4-3-5-9(14)11(8)15/h3-5,7,10H,6H2,1-2H3,(H,16,17). The number of nitrogens with one attached hydrogen (secondary N) is 1. The fourth-order valence-corrected chi connectivity index (χ4v) is 2.22. The van der Waals surface area contributed by atoms with Gasteiger partial charge in [0.1, 0.15) is 0 Å². The van der Waals surface area contributed by atoms with Crippen molar-refractivity contribution < 1.29 is 13.6 Å². The highest BCUT2D eigenvalue weighted by Crippen LogP contribution is 2.12. The summed E-state index contributed by atoms with van der Waals surface area (Å²) in [6.07, 6.45) is 0. The van der Waals surface area contributed by atoms with E-state index in [4.69, 9.17) is 0 Å². The van der Waals surface area contributed by atoms with Crippen LogP contribution >= 0.6 is 15.9 Å². The Labute approximate surface area is 108 Å². The van der Waals surface area contributed by atoms with Gasteiger partial charge in [0.15, 0.2) is 11.6 Å². The lowest BCUT2D eigenvalue weighted by atomic mass is 10.1. The van der Waals surface area contributed by atoms with Crippen molar-refractivity contribution in [2.45, 2.75) is 19.9 Å². The van der Waals surface area contributed by atoms with Crippen LogP contribution in [0.25, 0.3) is 0 Å². The van der Waals surface area contributed by atoms with Gasteiger partial charge < -0.3 is 5.32 Å².